The highest BCUT2D eigenvalue weighted by Crippen LogP contribution is 2.05. The molecular weight excluding hydrogens is 158 g/mol. The summed E-state index contributed by atoms with van der Waals surface area (Å²) >= 11 is 0. The lowest BCUT2D eigenvalue weighted by Gasteiger charge is -2.01. The summed E-state index contributed by atoms with van der Waals surface area (Å²) in [4.78, 5) is 10.8. The van der Waals surface area contributed by atoms with Crippen molar-refractivity contribution < 1.29 is 13.9 Å². The van der Waals surface area contributed by atoms with Crippen LogP contribution in [0.1, 0.15) is 6.92 Å². The molecule has 0 atom stereocenters. The molecule has 0 bridgehead atoms. The van der Waals surface area contributed by atoms with Crippen LogP contribution in [0.15, 0.2) is 22.8 Å². The number of ether oxygens (including phenoxy) is 1. The first kappa shape index (κ1) is 8.64. The van der Waals surface area contributed by atoms with Gasteiger partial charge in [-0.05, 0) is 13.0 Å². The van der Waals surface area contributed by atoms with Gasteiger partial charge in [0.25, 0.3) is 0 Å². The average molecular weight is 169 g/mol. The molecule has 0 aliphatic heterocycles. The maximum absolute atomic E-state index is 10.8. The zero-order valence-corrected chi connectivity index (χ0v) is 6.87. The number of rotatable bonds is 4. The van der Waals surface area contributed by atoms with Gasteiger partial charge >= 0.3 is 5.97 Å². The molecule has 0 unspecified atom stereocenters. The van der Waals surface area contributed by atoms with Gasteiger partial charge in [0.05, 0.1) is 12.9 Å². The Morgan fingerprint density at radius 1 is 1.75 bits per heavy atom. The normalized spacial score (nSPS) is 9.42. The van der Waals surface area contributed by atoms with Crippen molar-refractivity contribution in [3.05, 3.63) is 18.4 Å². The van der Waals surface area contributed by atoms with Crippen molar-refractivity contribution in [1.29, 1.82) is 0 Å². The molecule has 1 N–H and O–H groups in total. The quantitative estimate of drug-likeness (QED) is 0.689. The first-order valence-corrected chi connectivity index (χ1v) is 3.76. The maximum atomic E-state index is 10.8. The predicted molar refractivity (Wildman–Crippen MR) is 43.8 cm³/mol. The van der Waals surface area contributed by atoms with Crippen LogP contribution < -0.4 is 5.32 Å². The molecule has 1 heterocycles. The van der Waals surface area contributed by atoms with E-state index in [1.54, 1.807) is 19.1 Å². The summed E-state index contributed by atoms with van der Waals surface area (Å²) in [5.41, 5.74) is 0. The number of hydrogen-bond acceptors (Lipinski definition) is 4. The summed E-state index contributed by atoms with van der Waals surface area (Å²) in [5, 5.41) is 2.77. The van der Waals surface area contributed by atoms with Gasteiger partial charge in [0.1, 0.15) is 6.54 Å². The Labute approximate surface area is 70.5 Å². The lowest BCUT2D eigenvalue weighted by atomic mass is 10.6. The molecule has 0 aromatic carbocycles. The van der Waals surface area contributed by atoms with Gasteiger partial charge in [0.2, 0.25) is 0 Å². The minimum absolute atomic E-state index is 0.140. The fourth-order valence-electron chi connectivity index (χ4n) is 0.750. The van der Waals surface area contributed by atoms with Gasteiger partial charge in [0, 0.05) is 6.07 Å². The monoisotopic (exact) mass is 169 g/mol. The molecule has 0 amide bonds. The van der Waals surface area contributed by atoms with Gasteiger partial charge in [-0.3, -0.25) is 4.79 Å². The van der Waals surface area contributed by atoms with E-state index in [-0.39, 0.29) is 12.5 Å². The van der Waals surface area contributed by atoms with Crippen molar-refractivity contribution in [1.82, 2.24) is 0 Å². The van der Waals surface area contributed by atoms with E-state index in [1.165, 1.54) is 6.26 Å². The Morgan fingerprint density at radius 3 is 3.17 bits per heavy atom. The van der Waals surface area contributed by atoms with Crippen LogP contribution in [0.3, 0.4) is 0 Å². The molecule has 0 aliphatic carbocycles. The number of carbonyl (C=O) groups excluding carboxylic acids is 1. The number of hydrogen-bond donors (Lipinski definition) is 1. The molecule has 0 saturated heterocycles. The van der Waals surface area contributed by atoms with Crippen LogP contribution in [0.2, 0.25) is 0 Å². The van der Waals surface area contributed by atoms with Crippen molar-refractivity contribution in [3.8, 4) is 0 Å². The zero-order chi connectivity index (χ0) is 8.81. The molecule has 66 valence electrons. The van der Waals surface area contributed by atoms with Gasteiger partial charge in [-0.1, -0.05) is 0 Å². The predicted octanol–water partition coefficient (Wildman–Crippen LogP) is 1.25. The van der Waals surface area contributed by atoms with E-state index in [9.17, 15) is 4.79 Å². The molecule has 1 rings (SSSR count). The Bertz CT molecular complexity index is 230. The van der Waals surface area contributed by atoms with Crippen molar-refractivity contribution in [3.63, 3.8) is 0 Å². The van der Waals surface area contributed by atoms with E-state index in [2.05, 4.69) is 5.32 Å². The van der Waals surface area contributed by atoms with Crippen LogP contribution in [-0.4, -0.2) is 19.1 Å². The average Bonchev–Trinajstić information content (AvgIpc) is 2.53. The van der Waals surface area contributed by atoms with Gasteiger partial charge in [-0.2, -0.15) is 0 Å². The van der Waals surface area contributed by atoms with Crippen LogP contribution in [0.5, 0.6) is 0 Å². The summed E-state index contributed by atoms with van der Waals surface area (Å²) in [7, 11) is 0. The summed E-state index contributed by atoms with van der Waals surface area (Å²) in [6.45, 7) is 2.31. The fraction of sp³-hybridized carbons (Fsp3) is 0.375. The third-order valence-corrected chi connectivity index (χ3v) is 1.23. The van der Waals surface area contributed by atoms with Crippen LogP contribution in [-0.2, 0) is 9.53 Å². The Morgan fingerprint density at radius 2 is 2.58 bits per heavy atom. The minimum Gasteiger partial charge on any atom is -0.465 e. The number of furan rings is 1. The minimum atomic E-state index is -0.283. The highest BCUT2D eigenvalue weighted by Gasteiger charge is 2.01. The SMILES string of the molecule is CCOC(=O)CNc1ccco1. The molecule has 12 heavy (non-hydrogen) atoms. The number of nitrogens with one attached hydrogen (secondary N) is 1. The molecular formula is C8H11NO3. The number of carbonyl (C=O) groups is 1. The van der Waals surface area contributed by atoms with E-state index in [0.717, 1.165) is 0 Å². The molecule has 0 radical (unpaired) electrons. The molecule has 1 aromatic heterocycles. The smallest absolute Gasteiger partial charge is 0.325 e. The van der Waals surface area contributed by atoms with E-state index in [0.29, 0.717) is 12.5 Å². The molecule has 0 fully saturated rings. The maximum Gasteiger partial charge on any atom is 0.325 e. The molecule has 0 aliphatic rings. The molecule has 0 spiro atoms. The number of anilines is 1. The van der Waals surface area contributed by atoms with E-state index < -0.39 is 0 Å². The van der Waals surface area contributed by atoms with Gasteiger partial charge < -0.3 is 14.5 Å². The summed E-state index contributed by atoms with van der Waals surface area (Å²) in [5.74, 6) is 0.289. The Kier molecular flexibility index (Phi) is 3.19. The standard InChI is InChI=1S/C8H11NO3/c1-2-11-8(10)6-9-7-4-3-5-12-7/h3-5,9H,2,6H2,1H3. The highest BCUT2D eigenvalue weighted by molar-refractivity contribution is 5.74. The third-order valence-electron chi connectivity index (χ3n) is 1.23. The summed E-state index contributed by atoms with van der Waals surface area (Å²) in [6.07, 6.45) is 1.54. The van der Waals surface area contributed by atoms with Crippen LogP contribution >= 0.6 is 0 Å². The van der Waals surface area contributed by atoms with Gasteiger partial charge in [-0.15, -0.1) is 0 Å². The molecule has 1 aromatic rings. The topological polar surface area (TPSA) is 51.5 Å². The Balaban J connectivity index is 2.22. The molecule has 4 heteroatoms. The summed E-state index contributed by atoms with van der Waals surface area (Å²) < 4.78 is 9.64. The van der Waals surface area contributed by atoms with Crippen molar-refractivity contribution in [2.24, 2.45) is 0 Å². The molecule has 4 nitrogen and oxygen atoms in total. The largest absolute Gasteiger partial charge is 0.465 e. The second kappa shape index (κ2) is 4.43. The fourth-order valence-corrected chi connectivity index (χ4v) is 0.750. The first-order chi connectivity index (χ1) is 5.83. The van der Waals surface area contributed by atoms with Crippen molar-refractivity contribution in [2.75, 3.05) is 18.5 Å². The summed E-state index contributed by atoms with van der Waals surface area (Å²) in [6, 6.07) is 3.48. The van der Waals surface area contributed by atoms with E-state index >= 15 is 0 Å². The third kappa shape index (κ3) is 2.65. The Hall–Kier alpha value is -1.45. The van der Waals surface area contributed by atoms with Crippen molar-refractivity contribution >= 4 is 11.9 Å². The zero-order valence-electron chi connectivity index (χ0n) is 6.87. The lowest BCUT2D eigenvalue weighted by molar-refractivity contribution is -0.140. The number of esters is 1. The van der Waals surface area contributed by atoms with E-state index in [1.807, 2.05) is 0 Å². The van der Waals surface area contributed by atoms with Crippen LogP contribution in [0, 0.1) is 0 Å². The van der Waals surface area contributed by atoms with Crippen LogP contribution in [0.4, 0.5) is 5.88 Å². The second-order valence-electron chi connectivity index (χ2n) is 2.14. The van der Waals surface area contributed by atoms with Gasteiger partial charge in [-0.25, -0.2) is 0 Å². The lowest BCUT2D eigenvalue weighted by Crippen LogP contribution is -2.16. The second-order valence-corrected chi connectivity index (χ2v) is 2.14. The van der Waals surface area contributed by atoms with Gasteiger partial charge in [0.15, 0.2) is 5.88 Å². The first-order valence-electron chi connectivity index (χ1n) is 3.76. The highest BCUT2D eigenvalue weighted by atomic mass is 16.5. The van der Waals surface area contributed by atoms with Crippen LogP contribution in [0.25, 0.3) is 0 Å². The van der Waals surface area contributed by atoms with E-state index in [4.69, 9.17) is 9.15 Å². The van der Waals surface area contributed by atoms with Crippen molar-refractivity contribution in [2.45, 2.75) is 6.92 Å². The molecule has 0 saturated carbocycles.